The van der Waals surface area contributed by atoms with Crippen molar-refractivity contribution in [2.45, 2.75) is 51.4 Å². The van der Waals surface area contributed by atoms with E-state index in [2.05, 4.69) is 10.1 Å². The predicted octanol–water partition coefficient (Wildman–Crippen LogP) is 2.64. The Hall–Kier alpha value is -1.47. The van der Waals surface area contributed by atoms with Crippen LogP contribution in [0.15, 0.2) is 0 Å². The molecule has 1 aliphatic carbocycles. The molecular formula is C13H20F3NO4. The van der Waals surface area contributed by atoms with Crippen LogP contribution in [0.2, 0.25) is 0 Å². The van der Waals surface area contributed by atoms with Gasteiger partial charge in [-0.2, -0.15) is 13.2 Å². The standard InChI is InChI=1S/C13H20F3NO4/c1-12(2,3)21-11(19)17-9-6-7(10(18)20-4)5-8(9)13(14,15)16/h7-9H,5-6H2,1-4H3,(H,17,19)/t7-,8+,9-/m0/s1. The number of alkyl carbamates (subject to hydrolysis) is 1. The zero-order chi connectivity index (χ0) is 16.4. The molecular weight excluding hydrogens is 291 g/mol. The fraction of sp³-hybridized carbons (Fsp3) is 0.846. The van der Waals surface area contributed by atoms with Gasteiger partial charge < -0.3 is 14.8 Å². The Balaban J connectivity index is 2.77. The molecule has 8 heteroatoms. The molecule has 0 heterocycles. The summed E-state index contributed by atoms with van der Waals surface area (Å²) in [6.45, 7) is 4.83. The molecule has 0 aromatic rings. The van der Waals surface area contributed by atoms with Crippen LogP contribution in [0.25, 0.3) is 0 Å². The minimum absolute atomic E-state index is 0.115. The number of nitrogens with one attached hydrogen (secondary N) is 1. The third-order valence-corrected chi connectivity index (χ3v) is 3.22. The number of amides is 1. The van der Waals surface area contributed by atoms with Crippen molar-refractivity contribution < 1.29 is 32.2 Å². The normalized spacial score (nSPS) is 26.3. The summed E-state index contributed by atoms with van der Waals surface area (Å²) in [5.74, 6) is -3.35. The molecule has 0 aliphatic heterocycles. The molecule has 0 aromatic heterocycles. The first-order valence-corrected chi connectivity index (χ1v) is 6.58. The highest BCUT2D eigenvalue weighted by molar-refractivity contribution is 5.73. The van der Waals surface area contributed by atoms with E-state index in [1.54, 1.807) is 20.8 Å². The molecule has 1 saturated carbocycles. The summed E-state index contributed by atoms with van der Waals surface area (Å²) in [6.07, 6.45) is -5.93. The molecule has 0 saturated heterocycles. The van der Waals surface area contributed by atoms with E-state index >= 15 is 0 Å². The fourth-order valence-electron chi connectivity index (χ4n) is 2.38. The van der Waals surface area contributed by atoms with Gasteiger partial charge in [-0.15, -0.1) is 0 Å². The second kappa shape index (κ2) is 6.11. The molecule has 0 aromatic carbocycles. The van der Waals surface area contributed by atoms with Gasteiger partial charge in [0, 0.05) is 6.04 Å². The second-order valence-corrected chi connectivity index (χ2v) is 6.09. The van der Waals surface area contributed by atoms with Crippen molar-refractivity contribution in [1.82, 2.24) is 5.32 Å². The van der Waals surface area contributed by atoms with Gasteiger partial charge in [0.15, 0.2) is 0 Å². The summed E-state index contributed by atoms with van der Waals surface area (Å²) >= 11 is 0. The Morgan fingerprint density at radius 2 is 1.71 bits per heavy atom. The van der Waals surface area contributed by atoms with Crippen molar-refractivity contribution in [2.75, 3.05) is 7.11 Å². The van der Waals surface area contributed by atoms with Gasteiger partial charge in [0.25, 0.3) is 0 Å². The van der Waals surface area contributed by atoms with Gasteiger partial charge in [-0.05, 0) is 33.6 Å². The zero-order valence-corrected chi connectivity index (χ0v) is 12.4. The third kappa shape index (κ3) is 5.09. The van der Waals surface area contributed by atoms with Crippen molar-refractivity contribution in [2.24, 2.45) is 11.8 Å². The van der Waals surface area contributed by atoms with E-state index in [9.17, 15) is 22.8 Å². The molecule has 0 radical (unpaired) electrons. The molecule has 0 unspecified atom stereocenters. The van der Waals surface area contributed by atoms with Gasteiger partial charge in [-0.3, -0.25) is 4.79 Å². The summed E-state index contributed by atoms with van der Waals surface area (Å²) in [5, 5.41) is 2.21. The SMILES string of the molecule is COC(=O)[C@@H]1C[C@H](NC(=O)OC(C)(C)C)[C@H](C(F)(F)F)C1. The Bertz CT molecular complexity index is 403. The molecule has 5 nitrogen and oxygen atoms in total. The number of methoxy groups -OCH3 is 1. The van der Waals surface area contributed by atoms with Gasteiger partial charge in [-0.1, -0.05) is 0 Å². The first-order valence-electron chi connectivity index (χ1n) is 6.58. The number of halogens is 3. The Kier molecular flexibility index (Phi) is 5.11. The van der Waals surface area contributed by atoms with Crippen LogP contribution < -0.4 is 5.32 Å². The topological polar surface area (TPSA) is 64.6 Å². The lowest BCUT2D eigenvalue weighted by Gasteiger charge is -2.25. The van der Waals surface area contributed by atoms with Gasteiger partial charge in [0.1, 0.15) is 5.60 Å². The minimum atomic E-state index is -4.50. The van der Waals surface area contributed by atoms with E-state index in [4.69, 9.17) is 4.74 Å². The van der Waals surface area contributed by atoms with E-state index in [0.717, 1.165) is 7.11 Å². The lowest BCUT2D eigenvalue weighted by atomic mass is 10.0. The lowest BCUT2D eigenvalue weighted by Crippen LogP contribution is -2.44. The fourth-order valence-corrected chi connectivity index (χ4v) is 2.38. The maximum Gasteiger partial charge on any atom is 0.407 e. The molecule has 1 N–H and O–H groups in total. The highest BCUT2D eigenvalue weighted by Gasteiger charge is 2.52. The van der Waals surface area contributed by atoms with Crippen molar-refractivity contribution in [3.8, 4) is 0 Å². The van der Waals surface area contributed by atoms with Crippen LogP contribution in [0.4, 0.5) is 18.0 Å². The highest BCUT2D eigenvalue weighted by atomic mass is 19.4. The number of alkyl halides is 3. The van der Waals surface area contributed by atoms with Crippen molar-refractivity contribution in [3.05, 3.63) is 0 Å². The Labute approximate surface area is 121 Å². The van der Waals surface area contributed by atoms with Crippen LogP contribution in [-0.2, 0) is 14.3 Å². The molecule has 1 rings (SSSR count). The van der Waals surface area contributed by atoms with E-state index in [1.807, 2.05) is 0 Å². The van der Waals surface area contributed by atoms with E-state index in [-0.39, 0.29) is 6.42 Å². The number of hydrogen-bond acceptors (Lipinski definition) is 4. The quantitative estimate of drug-likeness (QED) is 0.796. The molecule has 21 heavy (non-hydrogen) atoms. The average molecular weight is 311 g/mol. The van der Waals surface area contributed by atoms with E-state index in [0.29, 0.717) is 0 Å². The Morgan fingerprint density at radius 3 is 2.14 bits per heavy atom. The molecule has 1 aliphatic rings. The monoisotopic (exact) mass is 311 g/mol. The van der Waals surface area contributed by atoms with Gasteiger partial charge >= 0.3 is 18.2 Å². The Morgan fingerprint density at radius 1 is 1.14 bits per heavy atom. The summed E-state index contributed by atoms with van der Waals surface area (Å²) in [5.41, 5.74) is -0.807. The van der Waals surface area contributed by atoms with Crippen molar-refractivity contribution in [1.29, 1.82) is 0 Å². The van der Waals surface area contributed by atoms with E-state index < -0.39 is 48.1 Å². The third-order valence-electron chi connectivity index (χ3n) is 3.22. The van der Waals surface area contributed by atoms with Gasteiger partial charge in [0.2, 0.25) is 0 Å². The first-order chi connectivity index (χ1) is 9.44. The number of esters is 1. The average Bonchev–Trinajstić information content (AvgIpc) is 2.68. The van der Waals surface area contributed by atoms with Crippen LogP contribution in [0.1, 0.15) is 33.6 Å². The smallest absolute Gasteiger partial charge is 0.407 e. The summed E-state index contributed by atoms with van der Waals surface area (Å²) in [4.78, 5) is 23.0. The van der Waals surface area contributed by atoms with Gasteiger partial charge in [-0.25, -0.2) is 4.79 Å². The maximum absolute atomic E-state index is 13.0. The maximum atomic E-state index is 13.0. The molecule has 0 spiro atoms. The van der Waals surface area contributed by atoms with Crippen molar-refractivity contribution >= 4 is 12.1 Å². The number of hydrogen-bond donors (Lipinski definition) is 1. The molecule has 0 bridgehead atoms. The first kappa shape index (κ1) is 17.6. The minimum Gasteiger partial charge on any atom is -0.469 e. The molecule has 1 amide bonds. The lowest BCUT2D eigenvalue weighted by molar-refractivity contribution is -0.178. The van der Waals surface area contributed by atoms with Crippen LogP contribution in [0.3, 0.4) is 0 Å². The van der Waals surface area contributed by atoms with Crippen LogP contribution in [-0.4, -0.2) is 37.0 Å². The summed E-state index contributed by atoms with van der Waals surface area (Å²) in [7, 11) is 1.12. The second-order valence-electron chi connectivity index (χ2n) is 6.09. The number of rotatable bonds is 2. The molecule has 1 fully saturated rings. The summed E-state index contributed by atoms with van der Waals surface area (Å²) in [6, 6.07) is -1.19. The number of carbonyl (C=O) groups is 2. The van der Waals surface area contributed by atoms with E-state index in [1.165, 1.54) is 0 Å². The predicted molar refractivity (Wildman–Crippen MR) is 67.4 cm³/mol. The number of carbonyl (C=O) groups excluding carboxylic acids is 2. The molecule has 3 atom stereocenters. The van der Waals surface area contributed by atoms with Gasteiger partial charge in [0.05, 0.1) is 18.9 Å². The number of ether oxygens (including phenoxy) is 2. The zero-order valence-electron chi connectivity index (χ0n) is 12.4. The summed E-state index contributed by atoms with van der Waals surface area (Å²) < 4.78 is 48.4. The van der Waals surface area contributed by atoms with Crippen LogP contribution in [0, 0.1) is 11.8 Å². The molecule has 122 valence electrons. The largest absolute Gasteiger partial charge is 0.469 e. The van der Waals surface area contributed by atoms with Crippen LogP contribution >= 0.6 is 0 Å². The highest BCUT2D eigenvalue weighted by Crippen LogP contribution is 2.42. The van der Waals surface area contributed by atoms with Crippen LogP contribution in [0.5, 0.6) is 0 Å². The van der Waals surface area contributed by atoms with Crippen molar-refractivity contribution in [3.63, 3.8) is 0 Å².